The van der Waals surface area contributed by atoms with Crippen molar-refractivity contribution < 1.29 is 35.7 Å². The van der Waals surface area contributed by atoms with Gasteiger partial charge in [-0.3, -0.25) is 0 Å². The first kappa shape index (κ1) is 18.6. The van der Waals surface area contributed by atoms with Crippen molar-refractivity contribution in [2.24, 2.45) is 5.29 Å². The van der Waals surface area contributed by atoms with Gasteiger partial charge in [0.25, 0.3) is 0 Å². The van der Waals surface area contributed by atoms with Crippen LogP contribution in [0.25, 0.3) is 0 Å². The predicted molar refractivity (Wildman–Crippen MR) is 69.3 cm³/mol. The molecule has 8 nitrogen and oxygen atoms in total. The Bertz CT molecular complexity index is 773. The largest absolute Gasteiger partial charge is 0.744 e. The standard InChI is InChI=1S/C11H9F3N2O6S/c1-5(2)10(17)22-8-3-6(11(12,13)14)9(23(19,20)21)4-7(8)15-16-18/h3-4H,1H2,2H3,(H,15,18)(H,19,20,21)/p-1. The van der Waals surface area contributed by atoms with E-state index in [1.807, 2.05) is 0 Å². The van der Waals surface area contributed by atoms with Gasteiger partial charge in [0.15, 0.2) is 5.75 Å². The van der Waals surface area contributed by atoms with Crippen LogP contribution >= 0.6 is 0 Å². The Hall–Kier alpha value is -2.47. The molecule has 0 spiro atoms. The summed E-state index contributed by atoms with van der Waals surface area (Å²) in [6, 6.07) is 0.298. The van der Waals surface area contributed by atoms with Gasteiger partial charge >= 0.3 is 12.1 Å². The Balaban J connectivity index is 3.66. The predicted octanol–water partition coefficient (Wildman–Crippen LogP) is 2.18. The smallest absolute Gasteiger partial charge is 0.417 e. The number of hydrogen-bond acceptors (Lipinski definition) is 7. The number of ether oxygens (including phenoxy) is 1. The molecule has 1 aromatic carbocycles. The van der Waals surface area contributed by atoms with Crippen LogP contribution < -0.4 is 10.2 Å². The third-order valence-corrected chi connectivity index (χ3v) is 3.25. The second-order valence-corrected chi connectivity index (χ2v) is 5.52. The lowest BCUT2D eigenvalue weighted by Gasteiger charge is -2.18. The fourth-order valence-corrected chi connectivity index (χ4v) is 2.10. The van der Waals surface area contributed by atoms with E-state index < -0.39 is 44.2 Å². The number of halogens is 3. The number of esters is 1. The summed E-state index contributed by atoms with van der Waals surface area (Å²) >= 11 is 0. The molecule has 0 fully saturated rings. The van der Waals surface area contributed by atoms with Crippen LogP contribution in [0.5, 0.6) is 5.75 Å². The molecule has 0 aliphatic carbocycles. The molecular formula is C11H8F3N2O6S-. The molecule has 1 rings (SSSR count). The van der Waals surface area contributed by atoms with Crippen LogP contribution in [0.1, 0.15) is 12.5 Å². The summed E-state index contributed by atoms with van der Waals surface area (Å²) in [6.45, 7) is 4.41. The van der Waals surface area contributed by atoms with Crippen molar-refractivity contribution in [1.82, 2.24) is 0 Å². The van der Waals surface area contributed by atoms with Crippen molar-refractivity contribution in [3.63, 3.8) is 0 Å². The lowest BCUT2D eigenvalue weighted by molar-refractivity contribution is -0.140. The number of benzene rings is 1. The van der Waals surface area contributed by atoms with Crippen molar-refractivity contribution in [2.45, 2.75) is 18.0 Å². The van der Waals surface area contributed by atoms with Crippen molar-refractivity contribution in [2.75, 3.05) is 5.43 Å². The van der Waals surface area contributed by atoms with Gasteiger partial charge in [-0.25, -0.2) is 18.6 Å². The SMILES string of the molecule is C=C(C)C(=O)Oc1cc(C(F)(F)F)c(S(=O)(=O)[O-])cc1NN=O. The normalized spacial score (nSPS) is 11.7. The van der Waals surface area contributed by atoms with E-state index in [1.165, 1.54) is 6.92 Å². The lowest BCUT2D eigenvalue weighted by Crippen LogP contribution is -2.16. The topological polar surface area (TPSA) is 125 Å². The van der Waals surface area contributed by atoms with Crippen LogP contribution in [-0.2, 0) is 21.1 Å². The van der Waals surface area contributed by atoms with E-state index in [-0.39, 0.29) is 17.7 Å². The maximum Gasteiger partial charge on any atom is 0.417 e. The molecule has 126 valence electrons. The number of carbonyl (C=O) groups excluding carboxylic acids is 1. The van der Waals surface area contributed by atoms with Gasteiger partial charge in [-0.2, -0.15) is 13.2 Å². The van der Waals surface area contributed by atoms with Gasteiger partial charge in [0, 0.05) is 5.57 Å². The van der Waals surface area contributed by atoms with Gasteiger partial charge in [-0.1, -0.05) is 6.58 Å². The molecule has 0 amide bonds. The average molecular weight is 353 g/mol. The fraction of sp³-hybridized carbons (Fsp3) is 0.182. The van der Waals surface area contributed by atoms with Crippen LogP contribution in [0.4, 0.5) is 18.9 Å². The van der Waals surface area contributed by atoms with Gasteiger partial charge < -0.3 is 9.29 Å². The van der Waals surface area contributed by atoms with Crippen molar-refractivity contribution in [3.8, 4) is 5.75 Å². The van der Waals surface area contributed by atoms with E-state index in [0.717, 1.165) is 0 Å². The quantitative estimate of drug-likeness (QED) is 0.215. The molecule has 0 saturated heterocycles. The second-order valence-electron chi connectivity index (χ2n) is 4.17. The third-order valence-electron chi connectivity index (χ3n) is 2.37. The minimum atomic E-state index is -5.53. The van der Waals surface area contributed by atoms with Crippen molar-refractivity contribution in [1.29, 1.82) is 0 Å². The first-order chi connectivity index (χ1) is 10.4. The first-order valence-electron chi connectivity index (χ1n) is 5.55. The number of nitrogens with one attached hydrogen (secondary N) is 1. The maximum atomic E-state index is 12.9. The molecule has 1 aromatic rings. The highest BCUT2D eigenvalue weighted by Crippen LogP contribution is 2.40. The molecule has 0 bridgehead atoms. The Kier molecular flexibility index (Phi) is 5.12. The van der Waals surface area contributed by atoms with E-state index in [4.69, 9.17) is 0 Å². The molecule has 0 unspecified atom stereocenters. The Labute approximate surface area is 127 Å². The Morgan fingerprint density at radius 1 is 1.39 bits per heavy atom. The van der Waals surface area contributed by atoms with Crippen molar-refractivity contribution >= 4 is 21.8 Å². The summed E-state index contributed by atoms with van der Waals surface area (Å²) in [5.41, 5.74) is -1.14. The van der Waals surface area contributed by atoms with E-state index in [0.29, 0.717) is 0 Å². The summed E-state index contributed by atoms with van der Waals surface area (Å²) in [4.78, 5) is 20.0. The Morgan fingerprint density at radius 2 is 1.96 bits per heavy atom. The number of nitrogens with zero attached hydrogens (tertiary/aromatic N) is 1. The van der Waals surface area contributed by atoms with Crippen LogP contribution in [0.15, 0.2) is 34.5 Å². The monoisotopic (exact) mass is 353 g/mol. The van der Waals surface area contributed by atoms with E-state index in [9.17, 15) is 35.8 Å². The van der Waals surface area contributed by atoms with Gasteiger partial charge in [0.1, 0.15) is 15.8 Å². The number of alkyl halides is 3. The highest BCUT2D eigenvalue weighted by atomic mass is 32.2. The zero-order valence-corrected chi connectivity index (χ0v) is 12.1. The molecule has 0 aliphatic rings. The molecule has 0 aromatic heterocycles. The summed E-state index contributed by atoms with van der Waals surface area (Å²) in [6.07, 6.45) is -5.23. The number of carbonyl (C=O) groups is 1. The van der Waals surface area contributed by atoms with Gasteiger partial charge in [-0.15, -0.1) is 4.91 Å². The molecule has 0 radical (unpaired) electrons. The highest BCUT2D eigenvalue weighted by molar-refractivity contribution is 7.85. The van der Waals surface area contributed by atoms with E-state index in [2.05, 4.69) is 16.6 Å². The summed E-state index contributed by atoms with van der Waals surface area (Å²) < 4.78 is 76.2. The third kappa shape index (κ3) is 4.50. The lowest BCUT2D eigenvalue weighted by atomic mass is 10.1. The zero-order chi connectivity index (χ0) is 18.0. The number of rotatable bonds is 5. The van der Waals surface area contributed by atoms with Crippen LogP contribution in [0.3, 0.4) is 0 Å². The van der Waals surface area contributed by atoms with Crippen LogP contribution in [0, 0.1) is 4.91 Å². The van der Waals surface area contributed by atoms with Crippen molar-refractivity contribution in [3.05, 3.63) is 34.8 Å². The van der Waals surface area contributed by atoms with Gasteiger partial charge in [0.2, 0.25) is 0 Å². The number of nitroso groups, excluding NO2 is 1. The molecule has 23 heavy (non-hydrogen) atoms. The first-order valence-corrected chi connectivity index (χ1v) is 6.96. The van der Waals surface area contributed by atoms with Gasteiger partial charge in [0.05, 0.1) is 15.7 Å². The fourth-order valence-electron chi connectivity index (χ4n) is 1.40. The maximum absolute atomic E-state index is 12.9. The molecule has 1 N–H and O–H groups in total. The van der Waals surface area contributed by atoms with E-state index in [1.54, 1.807) is 5.43 Å². The number of anilines is 1. The molecule has 12 heteroatoms. The molecule has 0 atom stereocenters. The summed E-state index contributed by atoms with van der Waals surface area (Å²) in [5.74, 6) is -1.98. The van der Waals surface area contributed by atoms with Crippen LogP contribution in [0.2, 0.25) is 0 Å². The molecular weight excluding hydrogens is 345 g/mol. The minimum Gasteiger partial charge on any atom is -0.744 e. The van der Waals surface area contributed by atoms with Gasteiger partial charge in [-0.05, 0) is 19.1 Å². The zero-order valence-electron chi connectivity index (χ0n) is 11.3. The number of hydrogen-bond donors (Lipinski definition) is 1. The summed E-state index contributed by atoms with van der Waals surface area (Å²) in [5, 5.41) is 2.14. The van der Waals surface area contributed by atoms with E-state index >= 15 is 0 Å². The van der Waals surface area contributed by atoms with Crippen LogP contribution in [-0.4, -0.2) is 18.9 Å². The summed E-state index contributed by atoms with van der Waals surface area (Å²) in [7, 11) is -5.53. The average Bonchev–Trinajstić information content (AvgIpc) is 2.37. The molecule has 0 heterocycles. The minimum absolute atomic E-state index is 0.0964. The highest BCUT2D eigenvalue weighted by Gasteiger charge is 2.37. The second kappa shape index (κ2) is 6.34. The Morgan fingerprint density at radius 3 is 2.35 bits per heavy atom. The molecule has 0 saturated carbocycles. The molecule has 0 aliphatic heterocycles.